The van der Waals surface area contributed by atoms with Crippen LogP contribution in [0, 0.1) is 0 Å². The van der Waals surface area contributed by atoms with Crippen LogP contribution >= 0.6 is 12.4 Å². The molecule has 1 heterocycles. The average molecular weight is 151 g/mol. The molecule has 1 atom stereocenters. The predicted octanol–water partition coefficient (Wildman–Crippen LogP) is -0.484. The second-order valence-corrected chi connectivity index (χ2v) is 1.97. The number of halogens is 1. The van der Waals surface area contributed by atoms with Crippen LogP contribution in [0.3, 0.4) is 0 Å². The molecular formula is C5H11ClN2O. The van der Waals surface area contributed by atoms with E-state index in [-0.39, 0.29) is 24.4 Å². The van der Waals surface area contributed by atoms with Crippen LogP contribution in [0.5, 0.6) is 0 Å². The maximum atomic E-state index is 10.6. The van der Waals surface area contributed by atoms with Crippen molar-refractivity contribution in [3.05, 3.63) is 0 Å². The molecule has 3 nitrogen and oxygen atoms in total. The molecule has 9 heavy (non-hydrogen) atoms. The number of rotatable bonds is 0. The van der Waals surface area contributed by atoms with Gasteiger partial charge in [-0.05, 0) is 6.92 Å². The summed E-state index contributed by atoms with van der Waals surface area (Å²) in [5, 5.41) is 5.75. The van der Waals surface area contributed by atoms with Crippen molar-refractivity contribution in [3.8, 4) is 0 Å². The Morgan fingerprint density at radius 3 is 2.56 bits per heavy atom. The van der Waals surface area contributed by atoms with E-state index in [4.69, 9.17) is 0 Å². The van der Waals surface area contributed by atoms with Crippen LogP contribution in [0.2, 0.25) is 0 Å². The van der Waals surface area contributed by atoms with Gasteiger partial charge in [0.2, 0.25) is 5.91 Å². The van der Waals surface area contributed by atoms with Crippen LogP contribution in [0.4, 0.5) is 0 Å². The summed E-state index contributed by atoms with van der Waals surface area (Å²) >= 11 is 0. The minimum Gasteiger partial charge on any atom is -0.353 e. The second-order valence-electron chi connectivity index (χ2n) is 1.97. The molecule has 1 aliphatic rings. The Morgan fingerprint density at radius 1 is 1.56 bits per heavy atom. The molecule has 0 aromatic rings. The maximum absolute atomic E-state index is 10.6. The molecule has 1 unspecified atom stereocenters. The van der Waals surface area contributed by atoms with Crippen LogP contribution in [0.1, 0.15) is 6.92 Å². The van der Waals surface area contributed by atoms with Crippen LogP contribution in [0.25, 0.3) is 0 Å². The monoisotopic (exact) mass is 150 g/mol. The summed E-state index contributed by atoms with van der Waals surface area (Å²) in [7, 11) is 0. The highest BCUT2D eigenvalue weighted by Crippen LogP contribution is 1.84. The van der Waals surface area contributed by atoms with E-state index in [2.05, 4.69) is 10.6 Å². The first kappa shape index (κ1) is 8.72. The summed E-state index contributed by atoms with van der Waals surface area (Å²) in [6.45, 7) is 3.52. The number of hydrogen-bond donors (Lipinski definition) is 2. The minimum absolute atomic E-state index is 0. The second kappa shape index (κ2) is 3.69. The number of carbonyl (C=O) groups excluding carboxylic acids is 1. The summed E-state index contributed by atoms with van der Waals surface area (Å²) in [4.78, 5) is 10.6. The molecule has 1 fully saturated rings. The van der Waals surface area contributed by atoms with Crippen LogP contribution < -0.4 is 10.6 Å². The summed E-state index contributed by atoms with van der Waals surface area (Å²) in [5.74, 6) is 0.108. The Hall–Kier alpha value is -0.280. The molecule has 0 spiro atoms. The molecular weight excluding hydrogens is 140 g/mol. The SMILES string of the molecule is CC1NCCNC1=O.Cl. The summed E-state index contributed by atoms with van der Waals surface area (Å²) < 4.78 is 0. The molecule has 0 radical (unpaired) electrons. The number of nitrogens with one attached hydrogen (secondary N) is 2. The van der Waals surface area contributed by atoms with Gasteiger partial charge in [-0.1, -0.05) is 0 Å². The molecule has 4 heteroatoms. The number of piperazine rings is 1. The van der Waals surface area contributed by atoms with Gasteiger partial charge in [-0.15, -0.1) is 12.4 Å². The van der Waals surface area contributed by atoms with Crippen molar-refractivity contribution in [2.75, 3.05) is 13.1 Å². The lowest BCUT2D eigenvalue weighted by Crippen LogP contribution is -2.51. The number of hydrogen-bond acceptors (Lipinski definition) is 2. The fourth-order valence-corrected chi connectivity index (χ4v) is 0.720. The van der Waals surface area contributed by atoms with Crippen molar-refractivity contribution < 1.29 is 4.79 Å². The molecule has 0 bridgehead atoms. The first-order valence-corrected chi connectivity index (χ1v) is 2.82. The highest BCUT2D eigenvalue weighted by Gasteiger charge is 2.14. The highest BCUT2D eigenvalue weighted by atomic mass is 35.5. The zero-order valence-corrected chi connectivity index (χ0v) is 6.12. The first-order chi connectivity index (χ1) is 3.80. The largest absolute Gasteiger partial charge is 0.353 e. The molecule has 1 aliphatic heterocycles. The molecule has 1 saturated heterocycles. The zero-order chi connectivity index (χ0) is 5.98. The Morgan fingerprint density at radius 2 is 2.22 bits per heavy atom. The van der Waals surface area contributed by atoms with Crippen LogP contribution in [-0.2, 0) is 4.79 Å². The quantitative estimate of drug-likeness (QED) is 0.490. The molecule has 1 amide bonds. The number of amides is 1. The Bertz CT molecular complexity index is 107. The lowest BCUT2D eigenvalue weighted by molar-refractivity contribution is -0.123. The van der Waals surface area contributed by atoms with Crippen LogP contribution in [-0.4, -0.2) is 25.0 Å². The summed E-state index contributed by atoms with van der Waals surface area (Å²) in [6.07, 6.45) is 0. The molecule has 0 aromatic carbocycles. The zero-order valence-electron chi connectivity index (χ0n) is 5.31. The molecule has 0 aliphatic carbocycles. The third-order valence-electron chi connectivity index (χ3n) is 1.27. The normalized spacial score (nSPS) is 26.3. The van der Waals surface area contributed by atoms with E-state index >= 15 is 0 Å². The van der Waals surface area contributed by atoms with Crippen molar-refractivity contribution in [1.29, 1.82) is 0 Å². The van der Waals surface area contributed by atoms with E-state index in [9.17, 15) is 4.79 Å². The van der Waals surface area contributed by atoms with Gasteiger partial charge in [0.1, 0.15) is 0 Å². The van der Waals surface area contributed by atoms with Gasteiger partial charge in [0.25, 0.3) is 0 Å². The van der Waals surface area contributed by atoms with Gasteiger partial charge < -0.3 is 10.6 Å². The third kappa shape index (κ3) is 2.20. The van der Waals surface area contributed by atoms with Gasteiger partial charge in [0, 0.05) is 13.1 Å². The van der Waals surface area contributed by atoms with Crippen molar-refractivity contribution in [1.82, 2.24) is 10.6 Å². The summed E-state index contributed by atoms with van der Waals surface area (Å²) in [5.41, 5.74) is 0. The van der Waals surface area contributed by atoms with Gasteiger partial charge in [0.15, 0.2) is 0 Å². The van der Waals surface area contributed by atoms with E-state index in [1.165, 1.54) is 0 Å². The summed E-state index contributed by atoms with van der Waals surface area (Å²) in [6, 6.07) is 0.00347. The Labute approximate surface area is 60.6 Å². The van der Waals surface area contributed by atoms with E-state index in [0.29, 0.717) is 0 Å². The standard InChI is InChI=1S/C5H10N2O.ClH/c1-4-5(8)7-3-2-6-4;/h4,6H,2-3H2,1H3,(H,7,8);1H. The van der Waals surface area contributed by atoms with Gasteiger partial charge >= 0.3 is 0 Å². The smallest absolute Gasteiger partial charge is 0.236 e. The Balaban J connectivity index is 0.000000640. The van der Waals surface area contributed by atoms with Gasteiger partial charge in [-0.2, -0.15) is 0 Å². The molecule has 0 aromatic heterocycles. The predicted molar refractivity (Wildman–Crippen MR) is 37.7 cm³/mol. The lowest BCUT2D eigenvalue weighted by Gasteiger charge is -2.19. The molecule has 2 N–H and O–H groups in total. The topological polar surface area (TPSA) is 41.1 Å². The van der Waals surface area contributed by atoms with Crippen molar-refractivity contribution in [2.24, 2.45) is 0 Å². The Kier molecular flexibility index (Phi) is 3.58. The van der Waals surface area contributed by atoms with Crippen molar-refractivity contribution in [2.45, 2.75) is 13.0 Å². The first-order valence-electron chi connectivity index (χ1n) is 2.82. The van der Waals surface area contributed by atoms with Crippen molar-refractivity contribution in [3.63, 3.8) is 0 Å². The average Bonchev–Trinajstić information content (AvgIpc) is 1.77. The van der Waals surface area contributed by atoms with Gasteiger partial charge in [0.05, 0.1) is 6.04 Å². The fourth-order valence-electron chi connectivity index (χ4n) is 0.720. The minimum atomic E-state index is 0. The molecule has 54 valence electrons. The maximum Gasteiger partial charge on any atom is 0.236 e. The fraction of sp³-hybridized carbons (Fsp3) is 0.800. The molecule has 0 saturated carbocycles. The molecule has 1 rings (SSSR count). The van der Waals surface area contributed by atoms with Crippen molar-refractivity contribution >= 4 is 18.3 Å². The lowest BCUT2D eigenvalue weighted by atomic mass is 10.2. The van der Waals surface area contributed by atoms with Gasteiger partial charge in [-0.25, -0.2) is 0 Å². The number of carbonyl (C=O) groups is 1. The van der Waals surface area contributed by atoms with Gasteiger partial charge in [-0.3, -0.25) is 4.79 Å². The van der Waals surface area contributed by atoms with E-state index in [1.807, 2.05) is 6.92 Å². The highest BCUT2D eigenvalue weighted by molar-refractivity contribution is 5.85. The third-order valence-corrected chi connectivity index (χ3v) is 1.27. The van der Waals surface area contributed by atoms with E-state index in [1.54, 1.807) is 0 Å². The van der Waals surface area contributed by atoms with E-state index < -0.39 is 0 Å². The van der Waals surface area contributed by atoms with Crippen LogP contribution in [0.15, 0.2) is 0 Å². The van der Waals surface area contributed by atoms with E-state index in [0.717, 1.165) is 13.1 Å².